The molecule has 0 saturated carbocycles. The van der Waals surface area contributed by atoms with Gasteiger partial charge >= 0.3 is 5.97 Å². The largest absolute Gasteiger partial charge is 0.480 e. The molecule has 10 heteroatoms. The van der Waals surface area contributed by atoms with Crippen molar-refractivity contribution in [1.29, 1.82) is 0 Å². The Bertz CT molecular complexity index is 695. The molecule has 0 amide bonds. The maximum absolute atomic E-state index is 12.0. The Labute approximate surface area is 110 Å². The third-order valence-electron chi connectivity index (χ3n) is 2.20. The molecule has 1 rings (SSSR count). The van der Waals surface area contributed by atoms with Gasteiger partial charge in [-0.05, 0) is 18.2 Å². The molecule has 0 saturated heterocycles. The average Bonchev–Trinajstić information content (AvgIpc) is 2.27. The number of sulfonamides is 2. The third kappa shape index (κ3) is 3.73. The van der Waals surface area contributed by atoms with Gasteiger partial charge in [0.2, 0.25) is 20.0 Å². The molecule has 0 heterocycles. The Hall–Kier alpha value is -1.49. The number of carboxylic acids is 1. The van der Waals surface area contributed by atoms with Crippen molar-refractivity contribution in [3.8, 4) is 0 Å². The van der Waals surface area contributed by atoms with E-state index in [0.29, 0.717) is 4.31 Å². The van der Waals surface area contributed by atoms with Crippen LogP contribution in [0.2, 0.25) is 0 Å². The summed E-state index contributed by atoms with van der Waals surface area (Å²) < 4.78 is 46.8. The molecule has 106 valence electrons. The van der Waals surface area contributed by atoms with Gasteiger partial charge in [-0.3, -0.25) is 4.79 Å². The third-order valence-corrected chi connectivity index (χ3v) is 4.91. The molecule has 0 aromatic heterocycles. The molecule has 0 bridgehead atoms. The van der Waals surface area contributed by atoms with Crippen LogP contribution < -0.4 is 5.14 Å². The molecule has 8 nitrogen and oxygen atoms in total. The minimum Gasteiger partial charge on any atom is -0.480 e. The van der Waals surface area contributed by atoms with Crippen LogP contribution in [0.3, 0.4) is 0 Å². The van der Waals surface area contributed by atoms with E-state index in [1.165, 1.54) is 6.07 Å². The lowest BCUT2D eigenvalue weighted by Crippen LogP contribution is -2.32. The quantitative estimate of drug-likeness (QED) is 0.719. The zero-order chi connectivity index (χ0) is 14.8. The lowest BCUT2D eigenvalue weighted by atomic mass is 10.4. The van der Waals surface area contributed by atoms with Gasteiger partial charge in [0.05, 0.1) is 9.79 Å². The van der Waals surface area contributed by atoms with Gasteiger partial charge < -0.3 is 5.11 Å². The Kier molecular flexibility index (Phi) is 4.30. The molecule has 0 aliphatic heterocycles. The second-order valence-electron chi connectivity index (χ2n) is 3.67. The van der Waals surface area contributed by atoms with E-state index in [4.69, 9.17) is 10.2 Å². The molecule has 19 heavy (non-hydrogen) atoms. The maximum atomic E-state index is 12.0. The van der Waals surface area contributed by atoms with E-state index in [0.717, 1.165) is 25.2 Å². The number of benzene rings is 1. The highest BCUT2D eigenvalue weighted by molar-refractivity contribution is 7.90. The van der Waals surface area contributed by atoms with E-state index in [2.05, 4.69) is 0 Å². The summed E-state index contributed by atoms with van der Waals surface area (Å²) in [6, 6.07) is 4.39. The molecule has 1 aromatic rings. The molecule has 0 aliphatic carbocycles. The van der Waals surface area contributed by atoms with Gasteiger partial charge in [-0.25, -0.2) is 22.0 Å². The van der Waals surface area contributed by atoms with Crippen molar-refractivity contribution in [2.24, 2.45) is 5.14 Å². The first-order valence-electron chi connectivity index (χ1n) is 4.86. The highest BCUT2D eigenvalue weighted by Gasteiger charge is 2.24. The second-order valence-corrected chi connectivity index (χ2v) is 7.28. The Morgan fingerprint density at radius 1 is 1.26 bits per heavy atom. The Morgan fingerprint density at radius 2 is 1.79 bits per heavy atom. The van der Waals surface area contributed by atoms with Gasteiger partial charge in [-0.15, -0.1) is 0 Å². The number of aliphatic carboxylic acids is 1. The van der Waals surface area contributed by atoms with Crippen LogP contribution in [0.1, 0.15) is 0 Å². The van der Waals surface area contributed by atoms with Crippen LogP contribution in [-0.2, 0) is 24.8 Å². The molecule has 0 unspecified atom stereocenters. The number of nitrogens with zero attached hydrogens (tertiary/aromatic N) is 1. The number of hydrogen-bond donors (Lipinski definition) is 2. The van der Waals surface area contributed by atoms with Gasteiger partial charge in [0, 0.05) is 7.05 Å². The summed E-state index contributed by atoms with van der Waals surface area (Å²) in [5, 5.41) is 13.5. The summed E-state index contributed by atoms with van der Waals surface area (Å²) in [5.74, 6) is -1.33. The highest BCUT2D eigenvalue weighted by Crippen LogP contribution is 2.17. The fourth-order valence-electron chi connectivity index (χ4n) is 1.27. The number of hydrogen-bond acceptors (Lipinski definition) is 5. The lowest BCUT2D eigenvalue weighted by molar-refractivity contribution is -0.137. The summed E-state index contributed by atoms with van der Waals surface area (Å²) >= 11 is 0. The van der Waals surface area contributed by atoms with Crippen LogP contribution in [0, 0.1) is 0 Å². The van der Waals surface area contributed by atoms with Gasteiger partial charge in [0.25, 0.3) is 0 Å². The first-order valence-corrected chi connectivity index (χ1v) is 7.85. The number of likely N-dealkylation sites (N-methyl/N-ethyl adjacent to an activating group) is 1. The van der Waals surface area contributed by atoms with Crippen LogP contribution >= 0.6 is 0 Å². The minimum absolute atomic E-state index is 0.345. The van der Waals surface area contributed by atoms with Crippen molar-refractivity contribution in [3.63, 3.8) is 0 Å². The van der Waals surface area contributed by atoms with Crippen LogP contribution in [0.15, 0.2) is 34.1 Å². The SMILES string of the molecule is CN(CC(=O)O)S(=O)(=O)c1cccc(S(N)(=O)=O)c1. The van der Waals surface area contributed by atoms with Gasteiger partial charge in [0.15, 0.2) is 0 Å². The normalized spacial score (nSPS) is 12.6. The van der Waals surface area contributed by atoms with E-state index in [1.54, 1.807) is 0 Å². The number of carboxylic acid groups (broad SMARTS) is 1. The van der Waals surface area contributed by atoms with E-state index in [1.807, 2.05) is 0 Å². The van der Waals surface area contributed by atoms with Crippen molar-refractivity contribution in [2.75, 3.05) is 13.6 Å². The van der Waals surface area contributed by atoms with Gasteiger partial charge in [0.1, 0.15) is 6.54 Å². The molecule has 0 fully saturated rings. The van der Waals surface area contributed by atoms with E-state index < -0.39 is 32.6 Å². The summed E-state index contributed by atoms with van der Waals surface area (Å²) in [5.41, 5.74) is 0. The molecule has 0 radical (unpaired) electrons. The minimum atomic E-state index is -4.08. The molecule has 0 spiro atoms. The van der Waals surface area contributed by atoms with Crippen molar-refractivity contribution >= 4 is 26.0 Å². The molecule has 0 atom stereocenters. The predicted octanol–water partition coefficient (Wildman–Crippen LogP) is -0.961. The molecule has 3 N–H and O–H groups in total. The monoisotopic (exact) mass is 308 g/mol. The van der Waals surface area contributed by atoms with Crippen LogP contribution in [0.25, 0.3) is 0 Å². The van der Waals surface area contributed by atoms with Crippen LogP contribution in [-0.4, -0.2) is 45.8 Å². The van der Waals surface area contributed by atoms with Crippen LogP contribution in [0.4, 0.5) is 0 Å². The topological polar surface area (TPSA) is 135 Å². The van der Waals surface area contributed by atoms with Gasteiger partial charge in [-0.1, -0.05) is 6.07 Å². The molecule has 1 aromatic carbocycles. The average molecular weight is 308 g/mol. The fourth-order valence-corrected chi connectivity index (χ4v) is 3.07. The van der Waals surface area contributed by atoms with Crippen molar-refractivity contribution < 1.29 is 26.7 Å². The summed E-state index contributed by atoms with van der Waals surface area (Å²) in [6.07, 6.45) is 0. The van der Waals surface area contributed by atoms with Gasteiger partial charge in [-0.2, -0.15) is 4.31 Å². The van der Waals surface area contributed by atoms with Crippen molar-refractivity contribution in [2.45, 2.75) is 9.79 Å². The Balaban J connectivity index is 3.27. The van der Waals surface area contributed by atoms with E-state index >= 15 is 0 Å². The van der Waals surface area contributed by atoms with Crippen molar-refractivity contribution in [1.82, 2.24) is 4.31 Å². The lowest BCUT2D eigenvalue weighted by Gasteiger charge is -2.15. The van der Waals surface area contributed by atoms with Crippen molar-refractivity contribution in [3.05, 3.63) is 24.3 Å². The fraction of sp³-hybridized carbons (Fsp3) is 0.222. The Morgan fingerprint density at radius 3 is 2.26 bits per heavy atom. The first-order chi connectivity index (χ1) is 8.55. The zero-order valence-electron chi connectivity index (χ0n) is 9.85. The predicted molar refractivity (Wildman–Crippen MR) is 65.3 cm³/mol. The number of nitrogens with two attached hydrogens (primary N) is 1. The smallest absolute Gasteiger partial charge is 0.318 e. The summed E-state index contributed by atoms with van der Waals surface area (Å²) in [6.45, 7) is -0.734. The standard InChI is InChI=1S/C9H12N2O6S2/c1-11(6-9(12)13)19(16,17)8-4-2-3-7(5-8)18(10,14)15/h2-5H,6H2,1H3,(H,12,13)(H2,10,14,15). The van der Waals surface area contributed by atoms with E-state index in [9.17, 15) is 21.6 Å². The zero-order valence-corrected chi connectivity index (χ0v) is 11.5. The summed E-state index contributed by atoms with van der Waals surface area (Å²) in [7, 11) is -7.04. The maximum Gasteiger partial charge on any atom is 0.318 e. The molecular weight excluding hydrogens is 296 g/mol. The first kappa shape index (κ1) is 15.6. The van der Waals surface area contributed by atoms with E-state index in [-0.39, 0.29) is 9.79 Å². The second kappa shape index (κ2) is 5.25. The highest BCUT2D eigenvalue weighted by atomic mass is 32.2. The van der Waals surface area contributed by atoms with Crippen LogP contribution in [0.5, 0.6) is 0 Å². The number of rotatable bonds is 5. The number of carbonyl (C=O) groups is 1. The molecule has 0 aliphatic rings. The molecular formula is C9H12N2O6S2. The summed E-state index contributed by atoms with van der Waals surface area (Å²) in [4.78, 5) is 9.78. The number of primary sulfonamides is 1.